The molecule has 0 spiro atoms. The summed E-state index contributed by atoms with van der Waals surface area (Å²) in [5.74, 6) is 0.528. The van der Waals surface area contributed by atoms with Crippen LogP contribution in [0.5, 0.6) is 0 Å². The molecule has 2 atom stereocenters. The molecule has 0 amide bonds. The van der Waals surface area contributed by atoms with Crippen LogP contribution in [0.1, 0.15) is 18.4 Å². The number of methoxy groups -OCH3 is 1. The van der Waals surface area contributed by atoms with Gasteiger partial charge < -0.3 is 9.64 Å². The number of likely N-dealkylation sites (N-methyl/N-ethyl adjacent to an activating group) is 1. The number of halogens is 1. The predicted octanol–water partition coefficient (Wildman–Crippen LogP) is 3.13. The topological polar surface area (TPSA) is 12.5 Å². The Balaban J connectivity index is 2.58. The molecule has 2 nitrogen and oxygen atoms in total. The Bertz CT molecular complexity index is 304. The quantitative estimate of drug-likeness (QED) is 0.717. The summed E-state index contributed by atoms with van der Waals surface area (Å²) < 4.78 is 5.19. The molecule has 0 saturated carbocycles. The van der Waals surface area contributed by atoms with Gasteiger partial charge in [-0.1, -0.05) is 46.3 Å². The maximum absolute atomic E-state index is 5.19. The van der Waals surface area contributed by atoms with Crippen LogP contribution >= 0.6 is 15.9 Å². The third kappa shape index (κ3) is 4.78. The summed E-state index contributed by atoms with van der Waals surface area (Å²) in [5.41, 5.74) is 1.39. The van der Waals surface area contributed by atoms with Gasteiger partial charge in [0.1, 0.15) is 0 Å². The van der Waals surface area contributed by atoms with Gasteiger partial charge in [-0.05, 0) is 19.5 Å². The number of rotatable bonds is 7. The van der Waals surface area contributed by atoms with E-state index in [9.17, 15) is 0 Å². The molecule has 0 N–H and O–H groups in total. The molecule has 1 rings (SSSR count). The fourth-order valence-corrected chi connectivity index (χ4v) is 2.44. The van der Waals surface area contributed by atoms with Crippen molar-refractivity contribution in [3.63, 3.8) is 0 Å². The van der Waals surface area contributed by atoms with Crippen molar-refractivity contribution in [1.82, 2.24) is 4.90 Å². The van der Waals surface area contributed by atoms with E-state index in [2.05, 4.69) is 65.1 Å². The molecular formula is C14H22BrNO. The normalized spacial score (nSPS) is 14.9. The third-order valence-corrected chi connectivity index (χ3v) is 3.91. The molecule has 0 radical (unpaired) electrons. The molecule has 1 aromatic carbocycles. The molecule has 0 saturated heterocycles. The second-order valence-electron chi connectivity index (χ2n) is 4.51. The van der Waals surface area contributed by atoms with Crippen molar-refractivity contribution < 1.29 is 4.74 Å². The Morgan fingerprint density at radius 1 is 1.29 bits per heavy atom. The van der Waals surface area contributed by atoms with Crippen LogP contribution in [0.25, 0.3) is 0 Å². The van der Waals surface area contributed by atoms with Gasteiger partial charge in [0.2, 0.25) is 0 Å². The summed E-state index contributed by atoms with van der Waals surface area (Å²) in [4.78, 5) is 2.35. The van der Waals surface area contributed by atoms with Gasteiger partial charge in [-0.15, -0.1) is 0 Å². The van der Waals surface area contributed by atoms with Crippen molar-refractivity contribution >= 4 is 15.9 Å². The molecule has 1 aromatic rings. The van der Waals surface area contributed by atoms with Crippen molar-refractivity contribution in [3.05, 3.63) is 35.9 Å². The fourth-order valence-electron chi connectivity index (χ4n) is 1.86. The number of benzene rings is 1. The first-order valence-corrected chi connectivity index (χ1v) is 7.11. The summed E-state index contributed by atoms with van der Waals surface area (Å²) in [6.07, 6.45) is 0. The minimum absolute atomic E-state index is 0.449. The average molecular weight is 300 g/mol. The molecule has 17 heavy (non-hydrogen) atoms. The van der Waals surface area contributed by atoms with E-state index in [0.29, 0.717) is 12.0 Å². The molecule has 0 aliphatic heterocycles. The highest BCUT2D eigenvalue weighted by molar-refractivity contribution is 9.09. The first-order valence-electron chi connectivity index (χ1n) is 5.99. The predicted molar refractivity (Wildman–Crippen MR) is 76.9 cm³/mol. The molecule has 0 fully saturated rings. The van der Waals surface area contributed by atoms with Crippen LogP contribution in [0.3, 0.4) is 0 Å². The molecule has 96 valence electrons. The summed E-state index contributed by atoms with van der Waals surface area (Å²) in [7, 11) is 3.91. The second kappa shape index (κ2) is 7.85. The van der Waals surface area contributed by atoms with Crippen LogP contribution in [0.2, 0.25) is 0 Å². The Kier molecular flexibility index (Phi) is 6.78. The maximum Gasteiger partial charge on any atom is 0.0615 e. The smallest absolute Gasteiger partial charge is 0.0615 e. The van der Waals surface area contributed by atoms with Gasteiger partial charge in [0, 0.05) is 30.9 Å². The van der Waals surface area contributed by atoms with E-state index >= 15 is 0 Å². The van der Waals surface area contributed by atoms with Crippen LogP contribution in [0.4, 0.5) is 0 Å². The third-order valence-electron chi connectivity index (χ3n) is 3.13. The highest BCUT2D eigenvalue weighted by atomic mass is 79.9. The number of ether oxygens (including phenoxy) is 1. The number of nitrogens with zero attached hydrogens (tertiary/aromatic N) is 1. The minimum atomic E-state index is 0.449. The van der Waals surface area contributed by atoms with E-state index in [0.717, 1.165) is 18.5 Å². The van der Waals surface area contributed by atoms with Gasteiger partial charge in [0.05, 0.1) is 6.61 Å². The van der Waals surface area contributed by atoms with Gasteiger partial charge in [-0.2, -0.15) is 0 Å². The van der Waals surface area contributed by atoms with E-state index in [-0.39, 0.29) is 0 Å². The van der Waals surface area contributed by atoms with Crippen molar-refractivity contribution in [3.8, 4) is 0 Å². The number of alkyl halides is 1. The Morgan fingerprint density at radius 2 is 1.94 bits per heavy atom. The van der Waals surface area contributed by atoms with Crippen molar-refractivity contribution in [2.24, 2.45) is 0 Å². The standard InChI is InChI=1S/C14H22BrNO/c1-12(11-17-3)16(2)10-14(9-15)13-7-5-4-6-8-13/h4-8,12,14H,9-11H2,1-3H3. The summed E-state index contributed by atoms with van der Waals surface area (Å²) in [5, 5.41) is 0.987. The molecule has 0 aliphatic rings. The van der Waals surface area contributed by atoms with E-state index in [1.807, 2.05) is 0 Å². The van der Waals surface area contributed by atoms with Crippen LogP contribution < -0.4 is 0 Å². The lowest BCUT2D eigenvalue weighted by Gasteiger charge is -2.28. The highest BCUT2D eigenvalue weighted by Gasteiger charge is 2.16. The fraction of sp³-hybridized carbons (Fsp3) is 0.571. The van der Waals surface area contributed by atoms with E-state index < -0.39 is 0 Å². The second-order valence-corrected chi connectivity index (χ2v) is 5.15. The Hall–Kier alpha value is -0.380. The van der Waals surface area contributed by atoms with Crippen molar-refractivity contribution in [2.75, 3.05) is 32.6 Å². The molecule has 0 bridgehead atoms. The largest absolute Gasteiger partial charge is 0.383 e. The lowest BCUT2D eigenvalue weighted by atomic mass is 10.0. The first kappa shape index (κ1) is 14.7. The number of hydrogen-bond donors (Lipinski definition) is 0. The van der Waals surface area contributed by atoms with Crippen molar-refractivity contribution in [2.45, 2.75) is 18.9 Å². The van der Waals surface area contributed by atoms with Crippen molar-refractivity contribution in [1.29, 1.82) is 0 Å². The van der Waals surface area contributed by atoms with E-state index in [1.54, 1.807) is 7.11 Å². The maximum atomic E-state index is 5.19. The van der Waals surface area contributed by atoms with E-state index in [1.165, 1.54) is 5.56 Å². The van der Waals surface area contributed by atoms with Crippen LogP contribution in [-0.2, 0) is 4.74 Å². The SMILES string of the molecule is COCC(C)N(C)CC(CBr)c1ccccc1. The zero-order chi connectivity index (χ0) is 12.7. The summed E-state index contributed by atoms with van der Waals surface area (Å²) in [6, 6.07) is 11.1. The molecule has 0 heterocycles. The van der Waals surface area contributed by atoms with Gasteiger partial charge in [-0.25, -0.2) is 0 Å². The molecule has 0 aliphatic carbocycles. The summed E-state index contributed by atoms with van der Waals surface area (Å²) in [6.45, 7) is 4.01. The zero-order valence-electron chi connectivity index (χ0n) is 10.9. The average Bonchev–Trinajstić information content (AvgIpc) is 2.37. The first-order chi connectivity index (χ1) is 8.19. The van der Waals surface area contributed by atoms with Crippen LogP contribution in [-0.4, -0.2) is 43.6 Å². The van der Waals surface area contributed by atoms with Gasteiger partial charge >= 0.3 is 0 Å². The Labute approximate surface area is 113 Å². The zero-order valence-corrected chi connectivity index (χ0v) is 12.5. The van der Waals surface area contributed by atoms with Crippen LogP contribution in [0, 0.1) is 0 Å². The molecule has 2 unspecified atom stereocenters. The molecular weight excluding hydrogens is 278 g/mol. The minimum Gasteiger partial charge on any atom is -0.383 e. The van der Waals surface area contributed by atoms with Gasteiger partial charge in [-0.3, -0.25) is 0 Å². The lowest BCUT2D eigenvalue weighted by Crippen LogP contribution is -2.36. The monoisotopic (exact) mass is 299 g/mol. The number of hydrogen-bond acceptors (Lipinski definition) is 2. The van der Waals surface area contributed by atoms with Gasteiger partial charge in [0.15, 0.2) is 0 Å². The highest BCUT2D eigenvalue weighted by Crippen LogP contribution is 2.19. The molecule has 3 heteroatoms. The molecule has 0 aromatic heterocycles. The van der Waals surface area contributed by atoms with E-state index in [4.69, 9.17) is 4.74 Å². The Morgan fingerprint density at radius 3 is 2.47 bits per heavy atom. The van der Waals surface area contributed by atoms with Gasteiger partial charge in [0.25, 0.3) is 0 Å². The lowest BCUT2D eigenvalue weighted by molar-refractivity contribution is 0.113. The summed E-state index contributed by atoms with van der Waals surface area (Å²) >= 11 is 3.61. The van der Waals surface area contributed by atoms with Crippen LogP contribution in [0.15, 0.2) is 30.3 Å².